The molecular formula is C19H23N5O2S. The van der Waals surface area contributed by atoms with Crippen LogP contribution in [0.2, 0.25) is 0 Å². The predicted octanol–water partition coefficient (Wildman–Crippen LogP) is 4.10. The third-order valence-corrected chi connectivity index (χ3v) is 6.17. The van der Waals surface area contributed by atoms with E-state index in [0.29, 0.717) is 24.1 Å². The topological polar surface area (TPSA) is 81.9 Å². The van der Waals surface area contributed by atoms with Gasteiger partial charge in [0.25, 0.3) is 0 Å². The first kappa shape index (κ1) is 17.9. The minimum Gasteiger partial charge on any atom is -0.462 e. The maximum Gasteiger partial charge on any atom is 0.348 e. The number of anilines is 1. The fourth-order valence-electron chi connectivity index (χ4n) is 3.62. The lowest BCUT2D eigenvalue weighted by atomic mass is 10.2. The molecule has 0 aromatic carbocycles. The number of carbonyl (C=O) groups is 1. The Morgan fingerprint density at radius 1 is 1.37 bits per heavy atom. The number of esters is 1. The van der Waals surface area contributed by atoms with Crippen LogP contribution in [-0.4, -0.2) is 32.3 Å². The van der Waals surface area contributed by atoms with Crippen LogP contribution in [-0.2, 0) is 11.3 Å². The summed E-state index contributed by atoms with van der Waals surface area (Å²) in [6.07, 6.45) is 8.59. The molecule has 1 aliphatic carbocycles. The molecule has 1 fully saturated rings. The van der Waals surface area contributed by atoms with Crippen molar-refractivity contribution in [2.45, 2.75) is 52.1 Å². The lowest BCUT2D eigenvalue weighted by molar-refractivity contribution is 0.0531. The van der Waals surface area contributed by atoms with Gasteiger partial charge in [-0.25, -0.2) is 14.8 Å². The van der Waals surface area contributed by atoms with Crippen LogP contribution in [0.1, 0.15) is 59.6 Å². The number of carbonyl (C=O) groups excluding carboxylic acids is 1. The number of rotatable bonds is 6. The zero-order chi connectivity index (χ0) is 18.8. The van der Waals surface area contributed by atoms with Crippen LogP contribution in [0.4, 0.5) is 5.82 Å². The van der Waals surface area contributed by atoms with E-state index < -0.39 is 0 Å². The van der Waals surface area contributed by atoms with Crippen LogP contribution >= 0.6 is 11.3 Å². The SMILES string of the molecule is CCOC(=O)c1sc2ncnc(NCc3ccn(C4CCCC4)n3)c2c1C. The molecule has 0 bridgehead atoms. The summed E-state index contributed by atoms with van der Waals surface area (Å²) in [6, 6.07) is 2.59. The van der Waals surface area contributed by atoms with Crippen LogP contribution in [0.25, 0.3) is 10.2 Å². The van der Waals surface area contributed by atoms with Gasteiger partial charge in [-0.3, -0.25) is 4.68 Å². The van der Waals surface area contributed by atoms with Gasteiger partial charge < -0.3 is 10.1 Å². The minimum absolute atomic E-state index is 0.306. The van der Waals surface area contributed by atoms with E-state index in [0.717, 1.165) is 27.3 Å². The van der Waals surface area contributed by atoms with Crippen molar-refractivity contribution in [3.05, 3.63) is 34.7 Å². The third-order valence-electron chi connectivity index (χ3n) is 4.99. The van der Waals surface area contributed by atoms with Gasteiger partial charge in [0.1, 0.15) is 21.9 Å². The Morgan fingerprint density at radius 2 is 2.19 bits per heavy atom. The number of aryl methyl sites for hydroxylation is 1. The molecule has 0 spiro atoms. The Labute approximate surface area is 161 Å². The zero-order valence-electron chi connectivity index (χ0n) is 15.6. The van der Waals surface area contributed by atoms with Gasteiger partial charge in [-0.1, -0.05) is 12.8 Å². The largest absolute Gasteiger partial charge is 0.462 e. The molecule has 3 aromatic heterocycles. The summed E-state index contributed by atoms with van der Waals surface area (Å²) >= 11 is 1.34. The second-order valence-electron chi connectivity index (χ2n) is 6.76. The normalized spacial score (nSPS) is 14.7. The summed E-state index contributed by atoms with van der Waals surface area (Å²) in [4.78, 5) is 22.2. The van der Waals surface area contributed by atoms with Crippen molar-refractivity contribution in [2.24, 2.45) is 0 Å². The Hall–Kier alpha value is -2.48. The van der Waals surface area contributed by atoms with E-state index in [2.05, 4.69) is 26.2 Å². The van der Waals surface area contributed by atoms with Gasteiger partial charge in [-0.2, -0.15) is 5.10 Å². The van der Waals surface area contributed by atoms with Crippen LogP contribution < -0.4 is 5.32 Å². The first-order valence-electron chi connectivity index (χ1n) is 9.36. The first-order chi connectivity index (χ1) is 13.2. The van der Waals surface area contributed by atoms with Crippen LogP contribution in [0.15, 0.2) is 18.6 Å². The van der Waals surface area contributed by atoms with E-state index in [-0.39, 0.29) is 5.97 Å². The average molecular weight is 385 g/mol. The van der Waals surface area contributed by atoms with Gasteiger partial charge in [-0.15, -0.1) is 11.3 Å². The summed E-state index contributed by atoms with van der Waals surface area (Å²) in [5.74, 6) is 0.416. The van der Waals surface area contributed by atoms with Crippen molar-refractivity contribution in [1.82, 2.24) is 19.7 Å². The van der Waals surface area contributed by atoms with Crippen molar-refractivity contribution in [1.29, 1.82) is 0 Å². The molecule has 3 aromatic rings. The number of nitrogens with one attached hydrogen (secondary N) is 1. The predicted molar refractivity (Wildman–Crippen MR) is 105 cm³/mol. The molecule has 0 unspecified atom stereocenters. The lowest BCUT2D eigenvalue weighted by Gasteiger charge is -2.09. The highest BCUT2D eigenvalue weighted by Gasteiger charge is 2.21. The maximum atomic E-state index is 12.2. The van der Waals surface area contributed by atoms with Crippen molar-refractivity contribution >= 4 is 33.3 Å². The fraction of sp³-hybridized carbons (Fsp3) is 0.474. The summed E-state index contributed by atoms with van der Waals surface area (Å²) in [7, 11) is 0. The maximum absolute atomic E-state index is 12.2. The van der Waals surface area contributed by atoms with Crippen LogP contribution in [0.3, 0.4) is 0 Å². The molecule has 0 atom stereocenters. The molecule has 7 nitrogen and oxygen atoms in total. The molecule has 0 radical (unpaired) electrons. The Morgan fingerprint density at radius 3 is 2.96 bits per heavy atom. The summed E-state index contributed by atoms with van der Waals surface area (Å²) in [5.41, 5.74) is 1.83. The van der Waals surface area contributed by atoms with Crippen molar-refractivity contribution < 1.29 is 9.53 Å². The Bertz CT molecular complexity index is 958. The van der Waals surface area contributed by atoms with Crippen LogP contribution in [0.5, 0.6) is 0 Å². The van der Waals surface area contributed by atoms with Crippen molar-refractivity contribution in [3.63, 3.8) is 0 Å². The molecule has 142 valence electrons. The number of hydrogen-bond acceptors (Lipinski definition) is 7. The zero-order valence-corrected chi connectivity index (χ0v) is 16.4. The molecule has 1 N–H and O–H groups in total. The number of ether oxygens (including phenoxy) is 1. The van der Waals surface area contributed by atoms with Crippen molar-refractivity contribution in [2.75, 3.05) is 11.9 Å². The highest BCUT2D eigenvalue weighted by Crippen LogP contribution is 2.34. The van der Waals surface area contributed by atoms with Gasteiger partial charge in [0.05, 0.1) is 30.3 Å². The quantitative estimate of drug-likeness (QED) is 0.643. The number of aromatic nitrogens is 4. The van der Waals surface area contributed by atoms with Crippen LogP contribution in [0, 0.1) is 6.92 Å². The second kappa shape index (κ2) is 7.64. The molecule has 3 heterocycles. The van der Waals surface area contributed by atoms with Gasteiger partial charge in [-0.05, 0) is 38.3 Å². The molecule has 27 heavy (non-hydrogen) atoms. The fourth-order valence-corrected chi connectivity index (χ4v) is 4.66. The monoisotopic (exact) mass is 385 g/mol. The molecule has 0 amide bonds. The van der Waals surface area contributed by atoms with E-state index in [4.69, 9.17) is 9.84 Å². The smallest absolute Gasteiger partial charge is 0.348 e. The standard InChI is InChI=1S/C19H23N5O2S/c1-3-26-19(25)16-12(2)15-17(21-11-22-18(15)27-16)20-10-13-8-9-24(23-13)14-6-4-5-7-14/h8-9,11,14H,3-7,10H2,1-2H3,(H,20,21,22). The molecule has 4 rings (SSSR count). The van der Waals surface area contributed by atoms with Gasteiger partial charge >= 0.3 is 5.97 Å². The molecule has 0 saturated heterocycles. The Balaban J connectivity index is 1.54. The van der Waals surface area contributed by atoms with Crippen molar-refractivity contribution in [3.8, 4) is 0 Å². The summed E-state index contributed by atoms with van der Waals surface area (Å²) in [6.45, 7) is 4.65. The highest BCUT2D eigenvalue weighted by molar-refractivity contribution is 7.20. The average Bonchev–Trinajstić information content (AvgIpc) is 3.40. The lowest BCUT2D eigenvalue weighted by Crippen LogP contribution is -2.08. The first-order valence-corrected chi connectivity index (χ1v) is 10.2. The van der Waals surface area contributed by atoms with E-state index in [1.165, 1.54) is 43.3 Å². The molecular weight excluding hydrogens is 362 g/mol. The van der Waals surface area contributed by atoms with E-state index in [1.54, 1.807) is 6.92 Å². The molecule has 1 saturated carbocycles. The van der Waals surface area contributed by atoms with Gasteiger partial charge in [0, 0.05) is 6.20 Å². The molecule has 0 aliphatic heterocycles. The molecule has 8 heteroatoms. The van der Waals surface area contributed by atoms with Gasteiger partial charge in [0.2, 0.25) is 0 Å². The number of thiophene rings is 1. The summed E-state index contributed by atoms with van der Waals surface area (Å²) in [5, 5.41) is 8.94. The summed E-state index contributed by atoms with van der Waals surface area (Å²) < 4.78 is 7.24. The molecule has 1 aliphatic rings. The van der Waals surface area contributed by atoms with E-state index in [1.807, 2.05) is 13.0 Å². The third kappa shape index (κ3) is 3.53. The minimum atomic E-state index is -0.306. The van der Waals surface area contributed by atoms with E-state index in [9.17, 15) is 4.79 Å². The van der Waals surface area contributed by atoms with Gasteiger partial charge in [0.15, 0.2) is 0 Å². The van der Waals surface area contributed by atoms with E-state index >= 15 is 0 Å². The number of hydrogen-bond donors (Lipinski definition) is 1. The highest BCUT2D eigenvalue weighted by atomic mass is 32.1. The number of nitrogens with zero attached hydrogens (tertiary/aromatic N) is 4. The Kier molecular flexibility index (Phi) is 5.07. The number of fused-ring (bicyclic) bond motifs is 1. The second-order valence-corrected chi connectivity index (χ2v) is 7.76.